The third-order valence-corrected chi connectivity index (χ3v) is 3.50. The predicted octanol–water partition coefficient (Wildman–Crippen LogP) is 1.42. The maximum atomic E-state index is 11.9. The lowest BCUT2D eigenvalue weighted by Gasteiger charge is -2.38. The summed E-state index contributed by atoms with van der Waals surface area (Å²) in [7, 11) is 1.57. The number of methoxy groups -OCH3 is 1. The number of nitrogens with zero attached hydrogens (tertiary/aromatic N) is 2. The highest BCUT2D eigenvalue weighted by molar-refractivity contribution is 5.97. The van der Waals surface area contributed by atoms with E-state index < -0.39 is 0 Å². The molecule has 1 fully saturated rings. The Hall–Kier alpha value is -1.54. The van der Waals surface area contributed by atoms with Crippen LogP contribution in [0.3, 0.4) is 0 Å². The second-order valence-corrected chi connectivity index (χ2v) is 4.98. The minimum Gasteiger partial charge on any atom is -0.383 e. The molecule has 0 spiro atoms. The average molecular weight is 265 g/mol. The van der Waals surface area contributed by atoms with Crippen LogP contribution in [0, 0.1) is 11.3 Å². The summed E-state index contributed by atoms with van der Waals surface area (Å²) in [5, 5.41) is 11.8. The smallest absolute Gasteiger partial charge is 0.263 e. The molecule has 1 amide bonds. The average Bonchev–Trinajstić information content (AvgIpc) is 2.38. The van der Waals surface area contributed by atoms with Crippen molar-refractivity contribution < 1.29 is 9.53 Å². The van der Waals surface area contributed by atoms with Gasteiger partial charge in [0, 0.05) is 31.9 Å². The van der Waals surface area contributed by atoms with E-state index in [1.807, 2.05) is 6.07 Å². The van der Waals surface area contributed by atoms with Gasteiger partial charge in [-0.3, -0.25) is 4.79 Å². The normalized spacial score (nSPS) is 23.9. The van der Waals surface area contributed by atoms with Gasteiger partial charge in [-0.05, 0) is 33.1 Å². The van der Waals surface area contributed by atoms with Gasteiger partial charge in [0.15, 0.2) is 0 Å². The standard InChI is InChI=1S/C14H23N3O2/c1-11-5-4-6-12(2)17(11)10-13(9-15)14(18)16-7-8-19-3/h10-12H,4-8H2,1-3H3,(H,16,18)/b13-10-. The number of rotatable bonds is 5. The molecule has 1 N–H and O–H groups in total. The molecule has 2 unspecified atom stereocenters. The zero-order valence-electron chi connectivity index (χ0n) is 12.0. The first kappa shape index (κ1) is 15.5. The Morgan fingerprint density at radius 3 is 2.63 bits per heavy atom. The quantitative estimate of drug-likeness (QED) is 0.464. The van der Waals surface area contributed by atoms with Crippen LogP contribution in [0.5, 0.6) is 0 Å². The number of hydrogen-bond donors (Lipinski definition) is 1. The fourth-order valence-corrected chi connectivity index (χ4v) is 2.34. The van der Waals surface area contributed by atoms with Crippen molar-refractivity contribution in [2.45, 2.75) is 45.2 Å². The first-order valence-electron chi connectivity index (χ1n) is 6.76. The van der Waals surface area contributed by atoms with Crippen LogP contribution in [0.25, 0.3) is 0 Å². The van der Waals surface area contributed by atoms with Crippen LogP contribution >= 0.6 is 0 Å². The Morgan fingerprint density at radius 2 is 2.11 bits per heavy atom. The number of likely N-dealkylation sites (tertiary alicyclic amines) is 1. The Balaban J connectivity index is 2.69. The first-order chi connectivity index (χ1) is 9.10. The molecule has 0 radical (unpaired) electrons. The van der Waals surface area contributed by atoms with E-state index in [1.165, 1.54) is 6.42 Å². The van der Waals surface area contributed by atoms with Crippen LogP contribution in [0.15, 0.2) is 11.8 Å². The van der Waals surface area contributed by atoms with Gasteiger partial charge in [-0.1, -0.05) is 0 Å². The summed E-state index contributed by atoms with van der Waals surface area (Å²) in [6.07, 6.45) is 5.11. The molecule has 0 aromatic rings. The van der Waals surface area contributed by atoms with Gasteiger partial charge in [-0.2, -0.15) is 5.26 Å². The van der Waals surface area contributed by atoms with Gasteiger partial charge in [0.05, 0.1) is 6.61 Å². The summed E-state index contributed by atoms with van der Waals surface area (Å²) in [4.78, 5) is 14.0. The summed E-state index contributed by atoms with van der Waals surface area (Å²) < 4.78 is 4.86. The highest BCUT2D eigenvalue weighted by atomic mass is 16.5. The molecule has 1 heterocycles. The third kappa shape index (κ3) is 4.56. The zero-order chi connectivity index (χ0) is 14.3. The van der Waals surface area contributed by atoms with E-state index >= 15 is 0 Å². The molecule has 1 saturated heterocycles. The van der Waals surface area contributed by atoms with E-state index in [0.717, 1.165) is 12.8 Å². The van der Waals surface area contributed by atoms with Crippen LogP contribution < -0.4 is 5.32 Å². The predicted molar refractivity (Wildman–Crippen MR) is 73.2 cm³/mol. The van der Waals surface area contributed by atoms with Crippen molar-refractivity contribution in [1.29, 1.82) is 5.26 Å². The van der Waals surface area contributed by atoms with E-state index in [1.54, 1.807) is 13.3 Å². The zero-order valence-corrected chi connectivity index (χ0v) is 12.0. The molecule has 106 valence electrons. The molecule has 2 atom stereocenters. The Bertz CT molecular complexity index is 363. The molecular weight excluding hydrogens is 242 g/mol. The minimum absolute atomic E-state index is 0.164. The van der Waals surface area contributed by atoms with Gasteiger partial charge in [0.2, 0.25) is 0 Å². The summed E-state index contributed by atoms with van der Waals surface area (Å²) in [6, 6.07) is 2.73. The molecule has 0 aliphatic carbocycles. The van der Waals surface area contributed by atoms with Crippen LogP contribution in [-0.2, 0) is 9.53 Å². The number of amides is 1. The van der Waals surface area contributed by atoms with Crippen molar-refractivity contribution in [3.63, 3.8) is 0 Å². The summed E-state index contributed by atoms with van der Waals surface area (Å²) >= 11 is 0. The number of carbonyl (C=O) groups excluding carboxylic acids is 1. The topological polar surface area (TPSA) is 65.4 Å². The van der Waals surface area contributed by atoms with Crippen molar-refractivity contribution in [2.24, 2.45) is 0 Å². The molecule has 5 nitrogen and oxygen atoms in total. The molecule has 0 saturated carbocycles. The molecule has 1 aliphatic rings. The maximum absolute atomic E-state index is 11.9. The number of piperidine rings is 1. The van der Waals surface area contributed by atoms with Crippen LogP contribution in [0.1, 0.15) is 33.1 Å². The Morgan fingerprint density at radius 1 is 1.47 bits per heavy atom. The fraction of sp³-hybridized carbons (Fsp3) is 0.714. The van der Waals surface area contributed by atoms with E-state index in [-0.39, 0.29) is 11.5 Å². The number of nitrogens with one attached hydrogen (secondary N) is 1. The molecule has 19 heavy (non-hydrogen) atoms. The lowest BCUT2D eigenvalue weighted by Crippen LogP contribution is -2.40. The van der Waals surface area contributed by atoms with Crippen molar-refractivity contribution in [2.75, 3.05) is 20.3 Å². The van der Waals surface area contributed by atoms with Crippen molar-refractivity contribution in [3.8, 4) is 6.07 Å². The van der Waals surface area contributed by atoms with Crippen molar-refractivity contribution in [3.05, 3.63) is 11.8 Å². The minimum atomic E-state index is -0.329. The van der Waals surface area contributed by atoms with Gasteiger partial charge in [-0.15, -0.1) is 0 Å². The van der Waals surface area contributed by atoms with Gasteiger partial charge in [-0.25, -0.2) is 0 Å². The highest BCUT2D eigenvalue weighted by Gasteiger charge is 2.23. The Kier molecular flexibility index (Phi) is 6.37. The summed E-state index contributed by atoms with van der Waals surface area (Å²) in [6.45, 7) is 5.12. The van der Waals surface area contributed by atoms with Crippen molar-refractivity contribution >= 4 is 5.91 Å². The van der Waals surface area contributed by atoms with Crippen LogP contribution in [0.4, 0.5) is 0 Å². The number of ether oxygens (including phenoxy) is 1. The molecule has 0 aromatic heterocycles. The molecule has 1 aliphatic heterocycles. The SMILES string of the molecule is COCCNC(=O)/C(C#N)=C\N1C(C)CCCC1C. The highest BCUT2D eigenvalue weighted by Crippen LogP contribution is 2.23. The van der Waals surface area contributed by atoms with E-state index in [2.05, 4.69) is 24.1 Å². The molecular formula is C14H23N3O2. The van der Waals surface area contributed by atoms with E-state index in [4.69, 9.17) is 10.00 Å². The van der Waals surface area contributed by atoms with Gasteiger partial charge < -0.3 is 15.0 Å². The maximum Gasteiger partial charge on any atom is 0.263 e. The van der Waals surface area contributed by atoms with Crippen LogP contribution in [-0.4, -0.2) is 43.2 Å². The number of hydrogen-bond acceptors (Lipinski definition) is 4. The summed E-state index contributed by atoms with van der Waals surface area (Å²) in [5.74, 6) is -0.329. The van der Waals surface area contributed by atoms with Gasteiger partial charge in [0.25, 0.3) is 5.91 Å². The van der Waals surface area contributed by atoms with Gasteiger partial charge >= 0.3 is 0 Å². The van der Waals surface area contributed by atoms with Crippen molar-refractivity contribution in [1.82, 2.24) is 10.2 Å². The molecule has 0 aromatic carbocycles. The lowest BCUT2D eigenvalue weighted by molar-refractivity contribution is -0.117. The second-order valence-electron chi connectivity index (χ2n) is 4.98. The lowest BCUT2D eigenvalue weighted by atomic mass is 9.98. The number of nitriles is 1. The molecule has 0 bridgehead atoms. The van der Waals surface area contributed by atoms with E-state index in [0.29, 0.717) is 25.2 Å². The molecule has 1 rings (SSSR count). The second kappa shape index (κ2) is 7.80. The largest absolute Gasteiger partial charge is 0.383 e. The molecule has 5 heteroatoms. The summed E-state index contributed by atoms with van der Waals surface area (Å²) in [5.41, 5.74) is 0.164. The monoisotopic (exact) mass is 265 g/mol. The fourth-order valence-electron chi connectivity index (χ4n) is 2.34. The van der Waals surface area contributed by atoms with Gasteiger partial charge in [0.1, 0.15) is 11.6 Å². The van der Waals surface area contributed by atoms with Crippen LogP contribution in [0.2, 0.25) is 0 Å². The third-order valence-electron chi connectivity index (χ3n) is 3.50. The van der Waals surface area contributed by atoms with E-state index in [9.17, 15) is 4.79 Å². The number of carbonyl (C=O) groups is 1. The first-order valence-corrected chi connectivity index (χ1v) is 6.76. The Labute approximate surface area is 115 Å².